The van der Waals surface area contributed by atoms with E-state index in [2.05, 4.69) is 41.6 Å². The molecule has 130 valence electrons. The number of aryl methyl sites for hydroxylation is 2. The van der Waals surface area contributed by atoms with Crippen LogP contribution < -0.4 is 0 Å². The van der Waals surface area contributed by atoms with Crippen LogP contribution in [0, 0.1) is 13.8 Å². The molecule has 0 aliphatic heterocycles. The summed E-state index contributed by atoms with van der Waals surface area (Å²) in [5, 5.41) is 0. The third-order valence-corrected chi connectivity index (χ3v) is 4.20. The summed E-state index contributed by atoms with van der Waals surface area (Å²) in [6, 6.07) is 6.48. The Morgan fingerprint density at radius 1 is 1.33 bits per heavy atom. The Kier molecular flexibility index (Phi) is 6.55. The van der Waals surface area contributed by atoms with Crippen molar-refractivity contribution in [2.45, 2.75) is 40.3 Å². The van der Waals surface area contributed by atoms with Crippen LogP contribution in [0.2, 0.25) is 0 Å². The van der Waals surface area contributed by atoms with Crippen LogP contribution >= 0.6 is 0 Å². The van der Waals surface area contributed by atoms with Gasteiger partial charge in [-0.25, -0.2) is 4.98 Å². The van der Waals surface area contributed by atoms with Crippen LogP contribution in [0.15, 0.2) is 30.6 Å². The highest BCUT2D eigenvalue weighted by molar-refractivity contribution is 5.75. The van der Waals surface area contributed by atoms with Crippen molar-refractivity contribution in [2.75, 3.05) is 20.3 Å². The summed E-state index contributed by atoms with van der Waals surface area (Å²) < 4.78 is 7.24. The smallest absolute Gasteiger partial charge is 0.222 e. The van der Waals surface area contributed by atoms with Crippen molar-refractivity contribution in [2.24, 2.45) is 0 Å². The summed E-state index contributed by atoms with van der Waals surface area (Å²) in [6.45, 7) is 8.49. The average Bonchev–Trinajstić information content (AvgIpc) is 3.01. The van der Waals surface area contributed by atoms with Crippen LogP contribution in [0.5, 0.6) is 0 Å². The molecule has 24 heavy (non-hydrogen) atoms. The Bertz CT molecular complexity index is 679. The Hall–Kier alpha value is -2.14. The number of hydrogen-bond donors (Lipinski definition) is 0. The summed E-state index contributed by atoms with van der Waals surface area (Å²) in [5.41, 5.74) is 3.79. The van der Waals surface area contributed by atoms with E-state index < -0.39 is 0 Å². The van der Waals surface area contributed by atoms with Crippen LogP contribution in [-0.4, -0.2) is 40.6 Å². The molecule has 0 saturated heterocycles. The zero-order chi connectivity index (χ0) is 17.5. The van der Waals surface area contributed by atoms with Gasteiger partial charge in [-0.1, -0.05) is 30.7 Å². The first kappa shape index (κ1) is 18.2. The first-order chi connectivity index (χ1) is 11.5. The molecule has 0 fully saturated rings. The van der Waals surface area contributed by atoms with Crippen molar-refractivity contribution in [3.05, 3.63) is 53.1 Å². The number of ether oxygens (including phenoxy) is 1. The average molecular weight is 329 g/mol. The molecule has 5 nitrogen and oxygen atoms in total. The third kappa shape index (κ3) is 4.68. The van der Waals surface area contributed by atoms with Gasteiger partial charge in [-0.15, -0.1) is 0 Å². The fourth-order valence-corrected chi connectivity index (χ4v) is 2.68. The van der Waals surface area contributed by atoms with Gasteiger partial charge in [0.25, 0.3) is 0 Å². The molecule has 0 bridgehead atoms. The number of carbonyl (C=O) groups excluding carboxylic acids is 1. The number of hydrogen-bond acceptors (Lipinski definition) is 3. The van der Waals surface area contributed by atoms with Crippen molar-refractivity contribution in [1.82, 2.24) is 14.5 Å². The van der Waals surface area contributed by atoms with Crippen LogP contribution in [-0.2, 0) is 22.6 Å². The molecule has 1 amide bonds. The van der Waals surface area contributed by atoms with Crippen molar-refractivity contribution >= 4 is 5.91 Å². The maximum atomic E-state index is 12.1. The van der Waals surface area contributed by atoms with E-state index in [1.807, 2.05) is 18.0 Å². The molecule has 0 N–H and O–H groups in total. The first-order valence-corrected chi connectivity index (χ1v) is 8.38. The number of amides is 1. The molecule has 2 rings (SSSR count). The van der Waals surface area contributed by atoms with Gasteiger partial charge in [0.15, 0.2) is 0 Å². The minimum atomic E-state index is 0.119. The fourth-order valence-electron chi connectivity index (χ4n) is 2.68. The number of aromatic nitrogens is 2. The number of imidazole rings is 1. The molecule has 0 unspecified atom stereocenters. The summed E-state index contributed by atoms with van der Waals surface area (Å²) in [4.78, 5) is 18.4. The topological polar surface area (TPSA) is 47.4 Å². The lowest BCUT2D eigenvalue weighted by atomic mass is 10.1. The minimum Gasteiger partial charge on any atom is -0.383 e. The van der Waals surface area contributed by atoms with Gasteiger partial charge < -0.3 is 14.2 Å². The molecule has 0 saturated carbocycles. The van der Waals surface area contributed by atoms with Crippen molar-refractivity contribution in [3.63, 3.8) is 0 Å². The van der Waals surface area contributed by atoms with Gasteiger partial charge >= 0.3 is 0 Å². The monoisotopic (exact) mass is 329 g/mol. The van der Waals surface area contributed by atoms with Crippen LogP contribution in [0.25, 0.3) is 0 Å². The molecule has 0 atom stereocenters. The summed E-state index contributed by atoms with van der Waals surface area (Å²) in [6.07, 6.45) is 4.26. The molecule has 2 aromatic rings. The second-order valence-corrected chi connectivity index (χ2v) is 6.06. The number of carbonyl (C=O) groups is 1. The predicted molar refractivity (Wildman–Crippen MR) is 94.8 cm³/mol. The Morgan fingerprint density at radius 3 is 2.83 bits per heavy atom. The highest BCUT2D eigenvalue weighted by Crippen LogP contribution is 2.14. The summed E-state index contributed by atoms with van der Waals surface area (Å²) in [5.74, 6) is 1.02. The number of methoxy groups -OCH3 is 1. The van der Waals surface area contributed by atoms with Crippen molar-refractivity contribution in [1.29, 1.82) is 0 Å². The fraction of sp³-hybridized carbons (Fsp3) is 0.474. The van der Waals surface area contributed by atoms with E-state index in [0.29, 0.717) is 26.1 Å². The zero-order valence-corrected chi connectivity index (χ0v) is 15.1. The molecule has 0 aliphatic carbocycles. The van der Waals surface area contributed by atoms with E-state index in [1.165, 1.54) is 16.7 Å². The third-order valence-electron chi connectivity index (χ3n) is 4.20. The molecular formula is C19H27N3O2. The largest absolute Gasteiger partial charge is 0.383 e. The van der Waals surface area contributed by atoms with E-state index >= 15 is 0 Å². The standard InChI is InChI=1S/C19H27N3O2/c1-5-19(23)22(10-11-24-4)14-18-20-8-9-21(18)13-17-12-15(2)6-7-16(17)3/h6-9,12H,5,10-11,13-14H2,1-4H3. The van der Waals surface area contributed by atoms with Gasteiger partial charge in [-0.2, -0.15) is 0 Å². The van der Waals surface area contributed by atoms with Crippen molar-refractivity contribution in [3.8, 4) is 0 Å². The van der Waals surface area contributed by atoms with Crippen molar-refractivity contribution < 1.29 is 9.53 Å². The number of nitrogens with zero attached hydrogens (tertiary/aromatic N) is 3. The molecule has 1 heterocycles. The van der Waals surface area contributed by atoms with Crippen LogP contribution in [0.4, 0.5) is 0 Å². The summed E-state index contributed by atoms with van der Waals surface area (Å²) in [7, 11) is 1.65. The van der Waals surface area contributed by atoms with Gasteiger partial charge in [-0.3, -0.25) is 4.79 Å². The molecule has 1 aromatic carbocycles. The highest BCUT2D eigenvalue weighted by atomic mass is 16.5. The van der Waals surface area contributed by atoms with Gasteiger partial charge in [0, 0.05) is 39.0 Å². The normalized spacial score (nSPS) is 10.8. The van der Waals surface area contributed by atoms with Crippen LogP contribution in [0.3, 0.4) is 0 Å². The van der Waals surface area contributed by atoms with E-state index in [1.54, 1.807) is 13.3 Å². The highest BCUT2D eigenvalue weighted by Gasteiger charge is 2.15. The van der Waals surface area contributed by atoms with E-state index in [4.69, 9.17) is 4.74 Å². The lowest BCUT2D eigenvalue weighted by Crippen LogP contribution is -2.34. The predicted octanol–water partition coefficient (Wildman–Crippen LogP) is 2.93. The summed E-state index contributed by atoms with van der Waals surface area (Å²) >= 11 is 0. The van der Waals surface area contributed by atoms with E-state index in [-0.39, 0.29) is 5.91 Å². The molecular weight excluding hydrogens is 302 g/mol. The Balaban J connectivity index is 2.16. The Labute approximate surface area is 144 Å². The first-order valence-electron chi connectivity index (χ1n) is 8.38. The van der Waals surface area contributed by atoms with Gasteiger partial charge in [-0.05, 0) is 25.0 Å². The van der Waals surface area contributed by atoms with Gasteiger partial charge in [0.2, 0.25) is 5.91 Å². The maximum Gasteiger partial charge on any atom is 0.222 e. The number of rotatable bonds is 8. The molecule has 0 radical (unpaired) electrons. The quantitative estimate of drug-likeness (QED) is 0.748. The minimum absolute atomic E-state index is 0.119. The molecule has 1 aromatic heterocycles. The number of benzene rings is 1. The molecule has 5 heteroatoms. The second kappa shape index (κ2) is 8.64. The SMILES string of the molecule is CCC(=O)N(CCOC)Cc1nccn1Cc1cc(C)ccc1C. The van der Waals surface area contributed by atoms with Gasteiger partial charge in [0.1, 0.15) is 5.82 Å². The maximum absolute atomic E-state index is 12.1. The lowest BCUT2D eigenvalue weighted by molar-refractivity contribution is -0.132. The molecule has 0 aliphatic rings. The lowest BCUT2D eigenvalue weighted by Gasteiger charge is -2.22. The van der Waals surface area contributed by atoms with E-state index in [9.17, 15) is 4.79 Å². The van der Waals surface area contributed by atoms with Crippen LogP contribution in [0.1, 0.15) is 35.9 Å². The Morgan fingerprint density at radius 2 is 2.12 bits per heavy atom. The second-order valence-electron chi connectivity index (χ2n) is 6.06. The molecule has 0 spiro atoms. The zero-order valence-electron chi connectivity index (χ0n) is 15.1. The van der Waals surface area contributed by atoms with Gasteiger partial charge in [0.05, 0.1) is 13.2 Å². The van der Waals surface area contributed by atoms with E-state index in [0.717, 1.165) is 12.4 Å².